The normalized spacial score (nSPS) is 19.6. The van der Waals surface area contributed by atoms with Crippen molar-refractivity contribution >= 4 is 17.5 Å². The van der Waals surface area contributed by atoms with Gasteiger partial charge in [-0.15, -0.1) is 0 Å². The number of aryl methyl sites for hydroxylation is 1. The first-order chi connectivity index (χ1) is 10.7. The molecule has 1 saturated carbocycles. The van der Waals surface area contributed by atoms with Crippen LogP contribution >= 0.6 is 11.6 Å². The number of halogens is 1. The Morgan fingerprint density at radius 2 is 2.00 bits per heavy atom. The van der Waals surface area contributed by atoms with Crippen LogP contribution < -0.4 is 4.90 Å². The standard InChI is InChI=1S/C15H18ClN5O/c16-11-7-17-15(18-8-11)20-4-1-5-21-12(9-20)6-13(19-21)14(22)10-2-3-10/h6-8,10,14,22H,1-5,9H2/t14-/m1/s1. The molecule has 0 spiro atoms. The van der Waals surface area contributed by atoms with E-state index >= 15 is 0 Å². The molecule has 1 aliphatic carbocycles. The first-order valence-corrected chi connectivity index (χ1v) is 8.06. The molecule has 1 aliphatic heterocycles. The Kier molecular flexibility index (Phi) is 3.50. The van der Waals surface area contributed by atoms with Gasteiger partial charge in [-0.05, 0) is 31.2 Å². The molecule has 2 aliphatic rings. The number of hydrogen-bond acceptors (Lipinski definition) is 5. The van der Waals surface area contributed by atoms with Gasteiger partial charge in [0.15, 0.2) is 0 Å². The number of aromatic nitrogens is 4. The second kappa shape index (κ2) is 5.52. The van der Waals surface area contributed by atoms with Gasteiger partial charge in [-0.25, -0.2) is 9.97 Å². The van der Waals surface area contributed by atoms with Crippen molar-refractivity contribution in [2.75, 3.05) is 11.4 Å². The quantitative estimate of drug-likeness (QED) is 0.939. The molecule has 6 nitrogen and oxygen atoms in total. The van der Waals surface area contributed by atoms with Crippen molar-refractivity contribution in [1.29, 1.82) is 0 Å². The molecular weight excluding hydrogens is 302 g/mol. The molecular formula is C15H18ClN5O. The molecule has 0 radical (unpaired) electrons. The summed E-state index contributed by atoms with van der Waals surface area (Å²) < 4.78 is 2.01. The third-order valence-corrected chi connectivity index (χ3v) is 4.49. The predicted molar refractivity (Wildman–Crippen MR) is 82.6 cm³/mol. The molecule has 116 valence electrons. The molecule has 22 heavy (non-hydrogen) atoms. The Balaban J connectivity index is 1.58. The summed E-state index contributed by atoms with van der Waals surface area (Å²) in [5, 5.41) is 15.4. The second-order valence-corrected chi connectivity index (χ2v) is 6.48. The van der Waals surface area contributed by atoms with Crippen LogP contribution in [-0.4, -0.2) is 31.4 Å². The van der Waals surface area contributed by atoms with E-state index in [0.29, 0.717) is 23.4 Å². The molecule has 2 aromatic heterocycles. The number of aliphatic hydroxyl groups excluding tert-OH is 1. The van der Waals surface area contributed by atoms with E-state index in [1.54, 1.807) is 12.4 Å². The molecule has 1 N–H and O–H groups in total. The van der Waals surface area contributed by atoms with E-state index in [9.17, 15) is 5.11 Å². The lowest BCUT2D eigenvalue weighted by Crippen LogP contribution is -2.24. The van der Waals surface area contributed by atoms with Crippen LogP contribution in [0.3, 0.4) is 0 Å². The van der Waals surface area contributed by atoms with Crippen LogP contribution in [0.1, 0.15) is 36.8 Å². The minimum absolute atomic E-state index is 0.398. The summed E-state index contributed by atoms with van der Waals surface area (Å²) in [6.07, 6.45) is 6.00. The third-order valence-electron chi connectivity index (χ3n) is 4.29. The number of fused-ring (bicyclic) bond motifs is 1. The van der Waals surface area contributed by atoms with E-state index in [2.05, 4.69) is 20.0 Å². The van der Waals surface area contributed by atoms with E-state index in [1.165, 1.54) is 0 Å². The van der Waals surface area contributed by atoms with Crippen molar-refractivity contribution in [3.63, 3.8) is 0 Å². The SMILES string of the molecule is O[C@@H](c1cc2n(n1)CCCN(c1ncc(Cl)cn1)C2)C1CC1. The van der Waals surface area contributed by atoms with Crippen molar-refractivity contribution < 1.29 is 5.11 Å². The second-order valence-electron chi connectivity index (χ2n) is 6.04. The molecule has 4 rings (SSSR count). The Morgan fingerprint density at radius 1 is 1.23 bits per heavy atom. The summed E-state index contributed by atoms with van der Waals surface area (Å²) in [4.78, 5) is 10.7. The number of rotatable bonds is 3. The minimum Gasteiger partial charge on any atom is -0.386 e. The number of nitrogens with zero attached hydrogens (tertiary/aromatic N) is 5. The number of aliphatic hydroxyl groups is 1. The fourth-order valence-corrected chi connectivity index (χ4v) is 3.02. The Morgan fingerprint density at radius 3 is 2.73 bits per heavy atom. The van der Waals surface area contributed by atoms with E-state index in [4.69, 9.17) is 11.6 Å². The summed E-state index contributed by atoms with van der Waals surface area (Å²) >= 11 is 5.85. The molecule has 0 bridgehead atoms. The van der Waals surface area contributed by atoms with Crippen molar-refractivity contribution in [2.45, 2.75) is 38.5 Å². The molecule has 0 saturated heterocycles. The summed E-state index contributed by atoms with van der Waals surface area (Å²) in [5.74, 6) is 1.08. The fraction of sp³-hybridized carbons (Fsp3) is 0.533. The van der Waals surface area contributed by atoms with Gasteiger partial charge in [0.2, 0.25) is 5.95 Å². The van der Waals surface area contributed by atoms with Gasteiger partial charge in [-0.2, -0.15) is 5.10 Å². The van der Waals surface area contributed by atoms with Crippen LogP contribution in [0.15, 0.2) is 18.5 Å². The Labute approximate surface area is 133 Å². The highest BCUT2D eigenvalue weighted by Crippen LogP contribution is 2.40. The zero-order chi connectivity index (χ0) is 15.1. The largest absolute Gasteiger partial charge is 0.386 e. The molecule has 0 aromatic carbocycles. The minimum atomic E-state index is -0.417. The molecule has 0 amide bonds. The van der Waals surface area contributed by atoms with Crippen molar-refractivity contribution in [3.8, 4) is 0 Å². The smallest absolute Gasteiger partial charge is 0.225 e. The lowest BCUT2D eigenvalue weighted by Gasteiger charge is -2.19. The van der Waals surface area contributed by atoms with E-state index < -0.39 is 6.10 Å². The van der Waals surface area contributed by atoms with E-state index in [-0.39, 0.29) is 0 Å². The molecule has 2 aromatic rings. The van der Waals surface area contributed by atoms with Crippen molar-refractivity contribution in [1.82, 2.24) is 19.7 Å². The van der Waals surface area contributed by atoms with Crippen molar-refractivity contribution in [3.05, 3.63) is 34.9 Å². The average molecular weight is 320 g/mol. The van der Waals surface area contributed by atoms with E-state index in [1.807, 2.05) is 10.7 Å². The third kappa shape index (κ3) is 2.68. The molecule has 0 unspecified atom stereocenters. The average Bonchev–Trinajstić information content (AvgIpc) is 3.32. The highest BCUT2D eigenvalue weighted by Gasteiger charge is 2.33. The topological polar surface area (TPSA) is 67.1 Å². The fourth-order valence-electron chi connectivity index (χ4n) is 2.92. The first-order valence-electron chi connectivity index (χ1n) is 7.68. The maximum Gasteiger partial charge on any atom is 0.225 e. The summed E-state index contributed by atoms with van der Waals surface area (Å²) in [5.41, 5.74) is 1.90. The molecule has 1 atom stereocenters. The van der Waals surface area contributed by atoms with Crippen LogP contribution in [0, 0.1) is 5.92 Å². The van der Waals surface area contributed by atoms with Crippen LogP contribution in [-0.2, 0) is 13.1 Å². The maximum absolute atomic E-state index is 10.3. The zero-order valence-electron chi connectivity index (χ0n) is 12.2. The summed E-state index contributed by atoms with van der Waals surface area (Å²) in [6, 6.07) is 2.03. The Hall–Kier alpha value is -1.66. The highest BCUT2D eigenvalue weighted by molar-refractivity contribution is 6.30. The Bertz CT molecular complexity index is 667. The van der Waals surface area contributed by atoms with Crippen LogP contribution in [0.2, 0.25) is 5.02 Å². The van der Waals surface area contributed by atoms with Gasteiger partial charge in [-0.1, -0.05) is 11.6 Å². The lowest BCUT2D eigenvalue weighted by atomic mass is 10.1. The van der Waals surface area contributed by atoms with Gasteiger partial charge in [0.25, 0.3) is 0 Å². The number of anilines is 1. The summed E-state index contributed by atoms with van der Waals surface area (Å²) in [7, 11) is 0. The highest BCUT2D eigenvalue weighted by atomic mass is 35.5. The van der Waals surface area contributed by atoms with Gasteiger partial charge in [-0.3, -0.25) is 4.68 Å². The van der Waals surface area contributed by atoms with Gasteiger partial charge in [0.05, 0.1) is 35.3 Å². The van der Waals surface area contributed by atoms with Crippen molar-refractivity contribution in [2.24, 2.45) is 5.92 Å². The van der Waals surface area contributed by atoms with Gasteiger partial charge in [0, 0.05) is 13.1 Å². The molecule has 1 fully saturated rings. The van der Waals surface area contributed by atoms with E-state index in [0.717, 1.165) is 43.7 Å². The molecule has 7 heteroatoms. The molecule has 3 heterocycles. The lowest BCUT2D eigenvalue weighted by molar-refractivity contribution is 0.148. The van der Waals surface area contributed by atoms with Gasteiger partial charge in [0.1, 0.15) is 6.10 Å². The first kappa shape index (κ1) is 14.0. The zero-order valence-corrected chi connectivity index (χ0v) is 12.9. The maximum atomic E-state index is 10.3. The van der Waals surface area contributed by atoms with Gasteiger partial charge >= 0.3 is 0 Å². The van der Waals surface area contributed by atoms with Crippen LogP contribution in [0.5, 0.6) is 0 Å². The number of hydrogen-bond donors (Lipinski definition) is 1. The monoisotopic (exact) mass is 319 g/mol. The van der Waals surface area contributed by atoms with Crippen LogP contribution in [0.4, 0.5) is 5.95 Å². The van der Waals surface area contributed by atoms with Crippen LogP contribution in [0.25, 0.3) is 0 Å². The predicted octanol–water partition coefficient (Wildman–Crippen LogP) is 2.18. The van der Waals surface area contributed by atoms with Gasteiger partial charge < -0.3 is 10.0 Å². The summed E-state index contributed by atoms with van der Waals surface area (Å²) in [6.45, 7) is 2.44.